The van der Waals surface area contributed by atoms with Crippen LogP contribution in [0, 0.1) is 5.92 Å². The van der Waals surface area contributed by atoms with Gasteiger partial charge in [-0.15, -0.1) is 0 Å². The van der Waals surface area contributed by atoms with Crippen molar-refractivity contribution in [2.75, 3.05) is 0 Å². The molecule has 2 fully saturated rings. The van der Waals surface area contributed by atoms with Gasteiger partial charge in [0.25, 0.3) is 0 Å². The minimum absolute atomic E-state index is 0.722. The molecule has 2 saturated carbocycles. The van der Waals surface area contributed by atoms with Crippen LogP contribution in [0.3, 0.4) is 0 Å². The van der Waals surface area contributed by atoms with E-state index in [0.717, 1.165) is 22.6 Å². The molecule has 0 bridgehead atoms. The van der Waals surface area contributed by atoms with Gasteiger partial charge in [0.2, 0.25) is 0 Å². The molecular weight excluding hydrogens is 272 g/mol. The summed E-state index contributed by atoms with van der Waals surface area (Å²) < 4.78 is 0. The number of hydrogen-bond donors (Lipinski definition) is 0. The molecule has 92 valence electrons. The molecule has 0 saturated heterocycles. The average Bonchev–Trinajstić information content (AvgIpc) is 2.58. The zero-order valence-electron chi connectivity index (χ0n) is 10.5. The predicted octanol–water partition coefficient (Wildman–Crippen LogP) is 5.23. The molecule has 3 rings (SSSR count). The molecule has 0 N–H and O–H groups in total. The fourth-order valence-corrected chi connectivity index (χ4v) is 4.00. The van der Waals surface area contributed by atoms with E-state index in [0.29, 0.717) is 0 Å². The van der Waals surface area contributed by atoms with Gasteiger partial charge in [-0.05, 0) is 54.6 Å². The summed E-state index contributed by atoms with van der Waals surface area (Å²) in [5, 5.41) is 0. The molecule has 0 nitrogen and oxygen atoms in total. The molecule has 0 spiro atoms. The van der Waals surface area contributed by atoms with Gasteiger partial charge in [0, 0.05) is 4.83 Å². The van der Waals surface area contributed by atoms with Crippen LogP contribution in [0.5, 0.6) is 0 Å². The third-order valence-corrected chi connectivity index (χ3v) is 6.17. The Hall–Kier alpha value is -0.300. The Kier molecular flexibility index (Phi) is 3.30. The monoisotopic (exact) mass is 292 g/mol. The summed E-state index contributed by atoms with van der Waals surface area (Å²) in [4.78, 5) is 0.722. The highest BCUT2D eigenvalue weighted by molar-refractivity contribution is 9.09. The van der Waals surface area contributed by atoms with E-state index in [9.17, 15) is 0 Å². The predicted molar refractivity (Wildman–Crippen MR) is 76.9 cm³/mol. The van der Waals surface area contributed by atoms with Crippen molar-refractivity contribution >= 4 is 15.9 Å². The molecule has 17 heavy (non-hydrogen) atoms. The second-order valence-corrected chi connectivity index (χ2v) is 7.03. The van der Waals surface area contributed by atoms with Crippen molar-refractivity contribution in [2.45, 2.75) is 55.7 Å². The second-order valence-electron chi connectivity index (χ2n) is 5.86. The lowest BCUT2D eigenvalue weighted by Gasteiger charge is -2.27. The molecule has 2 aliphatic rings. The van der Waals surface area contributed by atoms with E-state index in [4.69, 9.17) is 0 Å². The Morgan fingerprint density at radius 1 is 1.06 bits per heavy atom. The lowest BCUT2D eigenvalue weighted by Crippen LogP contribution is -2.11. The summed E-state index contributed by atoms with van der Waals surface area (Å²) >= 11 is 3.81. The average molecular weight is 293 g/mol. The minimum atomic E-state index is 0.722. The first-order valence-electron chi connectivity index (χ1n) is 6.99. The van der Waals surface area contributed by atoms with Crippen LogP contribution in [0.4, 0.5) is 0 Å². The maximum absolute atomic E-state index is 3.81. The molecule has 0 aromatic heterocycles. The number of rotatable bonds is 2. The number of halogens is 1. The summed E-state index contributed by atoms with van der Waals surface area (Å²) in [5.41, 5.74) is 3.18. The smallest absolute Gasteiger partial charge is 0.0177 e. The van der Waals surface area contributed by atoms with E-state index in [1.807, 2.05) is 0 Å². The third kappa shape index (κ3) is 2.19. The quantitative estimate of drug-likeness (QED) is 0.655. The molecule has 0 radical (unpaired) electrons. The van der Waals surface area contributed by atoms with Gasteiger partial charge in [0.15, 0.2) is 0 Å². The fraction of sp³-hybridized carbons (Fsp3) is 0.625. The molecule has 2 aliphatic carbocycles. The van der Waals surface area contributed by atoms with E-state index in [2.05, 4.69) is 47.1 Å². The van der Waals surface area contributed by atoms with Crippen molar-refractivity contribution < 1.29 is 0 Å². The first-order valence-corrected chi connectivity index (χ1v) is 7.91. The van der Waals surface area contributed by atoms with E-state index < -0.39 is 0 Å². The second kappa shape index (κ2) is 4.76. The summed E-state index contributed by atoms with van der Waals surface area (Å²) in [5.74, 6) is 2.43. The van der Waals surface area contributed by atoms with E-state index in [1.54, 1.807) is 11.1 Å². The number of hydrogen-bond acceptors (Lipinski definition) is 0. The van der Waals surface area contributed by atoms with Crippen LogP contribution in [-0.4, -0.2) is 4.83 Å². The van der Waals surface area contributed by atoms with Gasteiger partial charge in [0.05, 0.1) is 0 Å². The Labute approximate surface area is 113 Å². The Morgan fingerprint density at radius 3 is 2.41 bits per heavy atom. The van der Waals surface area contributed by atoms with Crippen LogP contribution in [0.1, 0.15) is 62.0 Å². The van der Waals surface area contributed by atoms with Crippen molar-refractivity contribution in [3.8, 4) is 0 Å². The first kappa shape index (κ1) is 11.8. The van der Waals surface area contributed by atoms with E-state index in [1.165, 1.54) is 32.1 Å². The van der Waals surface area contributed by atoms with Gasteiger partial charge in [0.1, 0.15) is 0 Å². The molecular formula is C16H21Br. The zero-order chi connectivity index (χ0) is 11.8. The van der Waals surface area contributed by atoms with Gasteiger partial charge in [-0.3, -0.25) is 0 Å². The molecule has 3 unspecified atom stereocenters. The van der Waals surface area contributed by atoms with Crippen LogP contribution < -0.4 is 0 Å². The molecule has 0 heterocycles. The Balaban J connectivity index is 1.82. The normalized spacial score (nSPS) is 33.6. The van der Waals surface area contributed by atoms with Gasteiger partial charge in [-0.1, -0.05) is 53.5 Å². The van der Waals surface area contributed by atoms with Crippen LogP contribution in [0.2, 0.25) is 0 Å². The van der Waals surface area contributed by atoms with Gasteiger partial charge >= 0.3 is 0 Å². The minimum Gasteiger partial charge on any atom is -0.0888 e. The largest absolute Gasteiger partial charge is 0.0888 e. The van der Waals surface area contributed by atoms with Crippen LogP contribution in [-0.2, 0) is 0 Å². The number of benzene rings is 1. The molecule has 0 aliphatic heterocycles. The van der Waals surface area contributed by atoms with Gasteiger partial charge in [-0.2, -0.15) is 0 Å². The summed E-state index contributed by atoms with van der Waals surface area (Å²) in [6.07, 6.45) is 6.93. The summed E-state index contributed by atoms with van der Waals surface area (Å²) in [7, 11) is 0. The van der Waals surface area contributed by atoms with Crippen LogP contribution >= 0.6 is 15.9 Å². The maximum atomic E-state index is 3.81. The van der Waals surface area contributed by atoms with Gasteiger partial charge in [-0.25, -0.2) is 0 Å². The highest BCUT2D eigenvalue weighted by Gasteiger charge is 2.32. The molecule has 3 atom stereocenters. The lowest BCUT2D eigenvalue weighted by molar-refractivity contribution is 0.419. The third-order valence-electron chi connectivity index (χ3n) is 4.87. The van der Waals surface area contributed by atoms with Crippen molar-refractivity contribution in [1.82, 2.24) is 0 Å². The zero-order valence-corrected chi connectivity index (χ0v) is 12.1. The molecule has 1 aromatic carbocycles. The molecule has 1 heteroatoms. The van der Waals surface area contributed by atoms with E-state index >= 15 is 0 Å². The first-order chi connectivity index (χ1) is 8.25. The topological polar surface area (TPSA) is 0 Å². The van der Waals surface area contributed by atoms with E-state index in [-0.39, 0.29) is 0 Å². The standard InChI is InChI=1S/C16H21Br/c1-11-15(8-9-16(11)17)14-7-3-6-13(10-14)12-4-2-5-12/h3,6-7,10-12,15-16H,2,4-5,8-9H2,1H3. The van der Waals surface area contributed by atoms with Crippen molar-refractivity contribution in [2.24, 2.45) is 5.92 Å². The highest BCUT2D eigenvalue weighted by atomic mass is 79.9. The Bertz CT molecular complexity index is 394. The number of alkyl halides is 1. The van der Waals surface area contributed by atoms with Crippen molar-refractivity contribution in [3.05, 3.63) is 35.4 Å². The fourth-order valence-electron chi connectivity index (χ4n) is 3.37. The van der Waals surface area contributed by atoms with Crippen LogP contribution in [0.25, 0.3) is 0 Å². The van der Waals surface area contributed by atoms with Crippen molar-refractivity contribution in [3.63, 3.8) is 0 Å². The SMILES string of the molecule is CC1C(Br)CCC1c1cccc(C2CCC2)c1. The summed E-state index contributed by atoms with van der Waals surface area (Å²) in [6, 6.07) is 9.44. The lowest BCUT2D eigenvalue weighted by atomic mass is 9.78. The maximum Gasteiger partial charge on any atom is 0.0177 e. The van der Waals surface area contributed by atoms with Gasteiger partial charge < -0.3 is 0 Å². The molecule has 1 aromatic rings. The van der Waals surface area contributed by atoms with Crippen molar-refractivity contribution in [1.29, 1.82) is 0 Å². The molecule has 0 amide bonds. The van der Waals surface area contributed by atoms with Crippen LogP contribution in [0.15, 0.2) is 24.3 Å². The Morgan fingerprint density at radius 2 is 1.82 bits per heavy atom. The summed E-state index contributed by atoms with van der Waals surface area (Å²) in [6.45, 7) is 2.40. The highest BCUT2D eigenvalue weighted by Crippen LogP contribution is 2.44.